The van der Waals surface area contributed by atoms with Crippen LogP contribution in [0.4, 0.5) is 0 Å². The molecule has 0 aliphatic heterocycles. The molecule has 0 bridgehead atoms. The van der Waals surface area contributed by atoms with Gasteiger partial charge in [-0.3, -0.25) is 5.09 Å². The largest absolute Gasteiger partial charge is 0.277 e. The Bertz CT molecular complexity index is 783. The lowest BCUT2D eigenvalue weighted by Gasteiger charge is -2.42. The first kappa shape index (κ1) is 21.2. The predicted molar refractivity (Wildman–Crippen MR) is 127 cm³/mol. The Kier molecular flexibility index (Phi) is 7.77. The second kappa shape index (κ2) is 10.3. The Balaban J connectivity index is 2.14. The number of nitrogens with zero attached hydrogens (tertiary/aromatic N) is 1. The summed E-state index contributed by atoms with van der Waals surface area (Å²) in [6, 6.07) is 33.7. The Labute approximate surface area is 172 Å². The van der Waals surface area contributed by atoms with Crippen molar-refractivity contribution in [2.24, 2.45) is 0 Å². The minimum absolute atomic E-state index is 0.407. The van der Waals surface area contributed by atoms with E-state index >= 15 is 0 Å². The van der Waals surface area contributed by atoms with E-state index in [4.69, 9.17) is 0 Å². The molecule has 3 aromatic rings. The maximum atomic E-state index is 3.90. The van der Waals surface area contributed by atoms with E-state index in [1.54, 1.807) is 0 Å². The standard InChI is InChI=1S/C24H30N2P2/c1-20(2)25-28(24-18-12-7-13-19-24)26(21(3)4)27(22-14-8-5-9-15-22)23-16-10-6-11-17-23/h5-21,25H,1-4H3. The van der Waals surface area contributed by atoms with Crippen LogP contribution in [0.2, 0.25) is 0 Å². The van der Waals surface area contributed by atoms with Gasteiger partial charge in [0.25, 0.3) is 0 Å². The molecule has 146 valence electrons. The fourth-order valence-corrected chi connectivity index (χ4v) is 8.99. The van der Waals surface area contributed by atoms with E-state index < -0.39 is 16.3 Å². The summed E-state index contributed by atoms with van der Waals surface area (Å²) in [6.07, 6.45) is 0. The number of nitrogens with one attached hydrogen (secondary N) is 1. The SMILES string of the molecule is CC(C)NP(c1ccccc1)N(C(C)C)P(c1ccccc1)c1ccccc1. The van der Waals surface area contributed by atoms with E-state index in [9.17, 15) is 0 Å². The van der Waals surface area contributed by atoms with Gasteiger partial charge in [0.15, 0.2) is 0 Å². The highest BCUT2D eigenvalue weighted by Crippen LogP contribution is 2.54. The highest BCUT2D eigenvalue weighted by molar-refractivity contribution is 7.81. The molecule has 2 nitrogen and oxygen atoms in total. The van der Waals surface area contributed by atoms with Crippen LogP contribution in [0.15, 0.2) is 91.0 Å². The molecule has 28 heavy (non-hydrogen) atoms. The topological polar surface area (TPSA) is 15.3 Å². The third-order valence-corrected chi connectivity index (χ3v) is 10.2. The highest BCUT2D eigenvalue weighted by atomic mass is 31.2. The Morgan fingerprint density at radius 2 is 1.00 bits per heavy atom. The fourth-order valence-electron chi connectivity index (χ4n) is 3.14. The zero-order chi connectivity index (χ0) is 19.9. The Hall–Kier alpha value is -1.56. The average molecular weight is 408 g/mol. The maximum absolute atomic E-state index is 3.90. The van der Waals surface area contributed by atoms with Gasteiger partial charge in [-0.15, -0.1) is 0 Å². The summed E-state index contributed by atoms with van der Waals surface area (Å²) in [5.41, 5.74) is 0. The summed E-state index contributed by atoms with van der Waals surface area (Å²) in [5, 5.41) is 8.07. The summed E-state index contributed by atoms with van der Waals surface area (Å²) >= 11 is 0. The first-order valence-electron chi connectivity index (χ1n) is 9.88. The van der Waals surface area contributed by atoms with Gasteiger partial charge in [-0.2, -0.15) is 0 Å². The second-order valence-electron chi connectivity index (χ2n) is 7.33. The molecule has 3 rings (SSSR count). The third-order valence-electron chi connectivity index (χ3n) is 4.25. The van der Waals surface area contributed by atoms with Crippen LogP contribution in [-0.2, 0) is 0 Å². The van der Waals surface area contributed by atoms with Gasteiger partial charge >= 0.3 is 0 Å². The number of benzene rings is 3. The molecule has 0 aliphatic carbocycles. The van der Waals surface area contributed by atoms with E-state index in [0.29, 0.717) is 12.1 Å². The molecule has 1 atom stereocenters. The van der Waals surface area contributed by atoms with E-state index in [-0.39, 0.29) is 0 Å². The lowest BCUT2D eigenvalue weighted by Crippen LogP contribution is -2.38. The molecule has 0 fully saturated rings. The lowest BCUT2D eigenvalue weighted by atomic mass is 10.4. The molecule has 0 saturated heterocycles. The van der Waals surface area contributed by atoms with Crippen LogP contribution in [-0.4, -0.2) is 16.5 Å². The van der Waals surface area contributed by atoms with E-state index in [2.05, 4.69) is 128 Å². The normalized spacial score (nSPS) is 12.9. The van der Waals surface area contributed by atoms with Gasteiger partial charge in [0.05, 0.1) is 8.22 Å². The highest BCUT2D eigenvalue weighted by Gasteiger charge is 2.32. The molecule has 0 aromatic heterocycles. The summed E-state index contributed by atoms with van der Waals surface area (Å²) in [5.74, 6) is 0. The molecule has 0 saturated carbocycles. The van der Waals surface area contributed by atoms with Crippen molar-refractivity contribution in [2.75, 3.05) is 0 Å². The third kappa shape index (κ3) is 5.28. The summed E-state index contributed by atoms with van der Waals surface area (Å²) in [6.45, 7) is 9.12. The number of hydrogen-bond donors (Lipinski definition) is 1. The van der Waals surface area contributed by atoms with Crippen LogP contribution in [0.3, 0.4) is 0 Å². The summed E-state index contributed by atoms with van der Waals surface area (Å²) < 4.78 is 2.73. The van der Waals surface area contributed by atoms with Gasteiger partial charge in [-0.05, 0) is 38.3 Å². The Morgan fingerprint density at radius 1 is 0.607 bits per heavy atom. The van der Waals surface area contributed by atoms with Crippen molar-refractivity contribution in [3.63, 3.8) is 0 Å². The first-order valence-corrected chi connectivity index (χ1v) is 12.5. The minimum atomic E-state index is -0.673. The Morgan fingerprint density at radius 3 is 1.36 bits per heavy atom. The van der Waals surface area contributed by atoms with Gasteiger partial charge in [-0.1, -0.05) is 91.0 Å². The van der Waals surface area contributed by atoms with Crippen LogP contribution in [0.5, 0.6) is 0 Å². The molecular weight excluding hydrogens is 378 g/mol. The molecule has 0 amide bonds. The van der Waals surface area contributed by atoms with Gasteiger partial charge < -0.3 is 0 Å². The lowest BCUT2D eigenvalue weighted by molar-refractivity contribution is 0.566. The monoisotopic (exact) mass is 408 g/mol. The molecule has 1 N–H and O–H groups in total. The molecule has 4 heteroatoms. The smallest absolute Gasteiger partial charge is 0.0743 e. The minimum Gasteiger partial charge on any atom is -0.277 e. The maximum Gasteiger partial charge on any atom is 0.0743 e. The van der Waals surface area contributed by atoms with Crippen molar-refractivity contribution in [3.05, 3.63) is 91.0 Å². The molecule has 3 aromatic carbocycles. The van der Waals surface area contributed by atoms with E-state index in [1.807, 2.05) is 0 Å². The second-order valence-corrected chi connectivity index (χ2v) is 11.6. The zero-order valence-electron chi connectivity index (χ0n) is 17.2. The van der Waals surface area contributed by atoms with Crippen LogP contribution in [0, 0.1) is 0 Å². The average Bonchev–Trinajstić information content (AvgIpc) is 2.72. The summed E-state index contributed by atoms with van der Waals surface area (Å²) in [7, 11) is -1.32. The molecule has 0 aliphatic rings. The van der Waals surface area contributed by atoms with Crippen molar-refractivity contribution >= 4 is 32.2 Å². The fraction of sp³-hybridized carbons (Fsp3) is 0.250. The zero-order valence-corrected chi connectivity index (χ0v) is 18.9. The van der Waals surface area contributed by atoms with Gasteiger partial charge in [0, 0.05) is 25.5 Å². The van der Waals surface area contributed by atoms with Crippen molar-refractivity contribution in [3.8, 4) is 0 Å². The van der Waals surface area contributed by atoms with E-state index in [1.165, 1.54) is 15.9 Å². The molecule has 0 heterocycles. The van der Waals surface area contributed by atoms with E-state index in [0.717, 1.165) is 0 Å². The van der Waals surface area contributed by atoms with Crippen molar-refractivity contribution < 1.29 is 0 Å². The quantitative estimate of drug-likeness (QED) is 0.504. The van der Waals surface area contributed by atoms with Crippen LogP contribution in [0.25, 0.3) is 0 Å². The van der Waals surface area contributed by atoms with Gasteiger partial charge in [-0.25, -0.2) is 4.44 Å². The number of rotatable bonds is 8. The van der Waals surface area contributed by atoms with Gasteiger partial charge in [0.1, 0.15) is 0 Å². The first-order chi connectivity index (χ1) is 13.6. The number of hydrogen-bond acceptors (Lipinski definition) is 2. The molecule has 0 radical (unpaired) electrons. The van der Waals surface area contributed by atoms with Crippen molar-refractivity contribution in [1.29, 1.82) is 0 Å². The summed E-state index contributed by atoms with van der Waals surface area (Å²) in [4.78, 5) is 0. The van der Waals surface area contributed by atoms with Crippen molar-refractivity contribution in [2.45, 2.75) is 39.8 Å². The predicted octanol–water partition coefficient (Wildman–Crippen LogP) is 5.38. The van der Waals surface area contributed by atoms with Crippen molar-refractivity contribution in [1.82, 2.24) is 9.53 Å². The van der Waals surface area contributed by atoms with Crippen LogP contribution >= 0.6 is 16.3 Å². The molecule has 0 spiro atoms. The van der Waals surface area contributed by atoms with Crippen LogP contribution < -0.4 is 21.0 Å². The molecule has 1 unspecified atom stereocenters. The molecular formula is C24H30N2P2. The van der Waals surface area contributed by atoms with Gasteiger partial charge in [0.2, 0.25) is 0 Å². The van der Waals surface area contributed by atoms with Crippen LogP contribution in [0.1, 0.15) is 27.7 Å².